The summed E-state index contributed by atoms with van der Waals surface area (Å²) in [5, 5.41) is 0.710. The van der Waals surface area contributed by atoms with E-state index in [9.17, 15) is 0 Å². The fraction of sp³-hybridized carbons (Fsp3) is 0.571. The van der Waals surface area contributed by atoms with Crippen LogP contribution >= 0.6 is 11.6 Å². The lowest BCUT2D eigenvalue weighted by Gasteiger charge is -2.32. The Morgan fingerprint density at radius 3 is 2.41 bits per heavy atom. The molecular weight excluding hydrogens is 234 g/mol. The second-order valence-corrected chi connectivity index (χ2v) is 5.44. The fourth-order valence-electron chi connectivity index (χ4n) is 1.59. The molecule has 0 bridgehead atoms. The molecule has 2 unspecified atom stereocenters. The SMILES string of the molecule is CCC(C)(C)OC(c1ccccc1Cl)C(C)N. The third kappa shape index (κ3) is 3.98. The van der Waals surface area contributed by atoms with Crippen LogP contribution in [0.25, 0.3) is 0 Å². The van der Waals surface area contributed by atoms with E-state index >= 15 is 0 Å². The van der Waals surface area contributed by atoms with Crippen LogP contribution in [0.2, 0.25) is 5.02 Å². The van der Waals surface area contributed by atoms with Crippen molar-refractivity contribution in [1.29, 1.82) is 0 Å². The summed E-state index contributed by atoms with van der Waals surface area (Å²) >= 11 is 6.20. The zero-order chi connectivity index (χ0) is 13.1. The number of ether oxygens (including phenoxy) is 1. The van der Waals surface area contributed by atoms with Gasteiger partial charge in [-0.15, -0.1) is 0 Å². The molecule has 2 atom stereocenters. The Morgan fingerprint density at radius 2 is 1.94 bits per heavy atom. The zero-order valence-corrected chi connectivity index (χ0v) is 11.8. The Bertz CT molecular complexity index is 363. The van der Waals surface area contributed by atoms with Crippen molar-refractivity contribution in [3.63, 3.8) is 0 Å². The third-order valence-corrected chi connectivity index (χ3v) is 3.33. The maximum Gasteiger partial charge on any atom is 0.0994 e. The second kappa shape index (κ2) is 5.85. The summed E-state index contributed by atoms with van der Waals surface area (Å²) < 4.78 is 6.11. The number of hydrogen-bond donors (Lipinski definition) is 1. The zero-order valence-electron chi connectivity index (χ0n) is 11.0. The summed E-state index contributed by atoms with van der Waals surface area (Å²) in [4.78, 5) is 0. The molecule has 2 nitrogen and oxygen atoms in total. The van der Waals surface area contributed by atoms with Crippen molar-refractivity contribution in [2.45, 2.75) is 51.9 Å². The van der Waals surface area contributed by atoms with Crippen molar-refractivity contribution in [2.24, 2.45) is 5.73 Å². The molecule has 1 rings (SSSR count). The molecule has 0 aromatic heterocycles. The van der Waals surface area contributed by atoms with Gasteiger partial charge in [0.05, 0.1) is 11.7 Å². The molecule has 0 aliphatic heterocycles. The monoisotopic (exact) mass is 255 g/mol. The maximum atomic E-state index is 6.20. The van der Waals surface area contributed by atoms with Gasteiger partial charge >= 0.3 is 0 Å². The lowest BCUT2D eigenvalue weighted by atomic mass is 10.0. The first kappa shape index (κ1) is 14.5. The van der Waals surface area contributed by atoms with E-state index in [1.807, 2.05) is 31.2 Å². The Balaban J connectivity index is 2.99. The molecule has 0 saturated heterocycles. The van der Waals surface area contributed by atoms with Crippen molar-refractivity contribution >= 4 is 11.6 Å². The molecule has 0 fully saturated rings. The van der Waals surface area contributed by atoms with E-state index in [1.165, 1.54) is 0 Å². The highest BCUT2D eigenvalue weighted by Gasteiger charge is 2.27. The Labute approximate surface area is 109 Å². The van der Waals surface area contributed by atoms with Gasteiger partial charge in [-0.3, -0.25) is 0 Å². The van der Waals surface area contributed by atoms with E-state index < -0.39 is 0 Å². The van der Waals surface area contributed by atoms with Crippen LogP contribution in [0.4, 0.5) is 0 Å². The van der Waals surface area contributed by atoms with Gasteiger partial charge in [-0.1, -0.05) is 36.7 Å². The first-order valence-electron chi connectivity index (χ1n) is 6.05. The van der Waals surface area contributed by atoms with Gasteiger partial charge in [0.15, 0.2) is 0 Å². The Kier molecular flexibility index (Phi) is 4.99. The second-order valence-electron chi connectivity index (χ2n) is 5.03. The van der Waals surface area contributed by atoms with E-state index in [0.29, 0.717) is 5.02 Å². The summed E-state index contributed by atoms with van der Waals surface area (Å²) in [7, 11) is 0. The molecule has 0 radical (unpaired) electrons. The van der Waals surface area contributed by atoms with Gasteiger partial charge in [0.1, 0.15) is 0 Å². The average Bonchev–Trinajstić information content (AvgIpc) is 2.27. The summed E-state index contributed by atoms with van der Waals surface area (Å²) in [6, 6.07) is 7.62. The number of benzene rings is 1. The van der Waals surface area contributed by atoms with Crippen LogP contribution in [-0.2, 0) is 4.74 Å². The van der Waals surface area contributed by atoms with Gasteiger partial charge in [0.25, 0.3) is 0 Å². The largest absolute Gasteiger partial charge is 0.366 e. The molecule has 96 valence electrons. The summed E-state index contributed by atoms with van der Waals surface area (Å²) in [5.41, 5.74) is 6.78. The van der Waals surface area contributed by atoms with Crippen LogP contribution in [0.1, 0.15) is 45.8 Å². The van der Waals surface area contributed by atoms with E-state index in [0.717, 1.165) is 12.0 Å². The molecular formula is C14H22ClNO. The molecule has 0 spiro atoms. The van der Waals surface area contributed by atoms with E-state index in [1.54, 1.807) is 0 Å². The minimum Gasteiger partial charge on any atom is -0.366 e. The van der Waals surface area contributed by atoms with Crippen molar-refractivity contribution in [3.05, 3.63) is 34.9 Å². The first-order valence-corrected chi connectivity index (χ1v) is 6.43. The number of rotatable bonds is 5. The highest BCUT2D eigenvalue weighted by molar-refractivity contribution is 6.31. The molecule has 0 aliphatic carbocycles. The third-order valence-electron chi connectivity index (χ3n) is 2.99. The van der Waals surface area contributed by atoms with Crippen LogP contribution in [0.5, 0.6) is 0 Å². The number of halogens is 1. The molecule has 1 aromatic rings. The average molecular weight is 256 g/mol. The van der Waals surface area contributed by atoms with Crippen molar-refractivity contribution in [2.75, 3.05) is 0 Å². The minimum absolute atomic E-state index is 0.0966. The summed E-state index contributed by atoms with van der Waals surface area (Å²) in [5.74, 6) is 0. The first-order chi connectivity index (χ1) is 7.87. The van der Waals surface area contributed by atoms with E-state index in [4.69, 9.17) is 22.1 Å². The molecule has 3 heteroatoms. The molecule has 1 aromatic carbocycles. The molecule has 17 heavy (non-hydrogen) atoms. The van der Waals surface area contributed by atoms with Crippen LogP contribution < -0.4 is 5.73 Å². The quantitative estimate of drug-likeness (QED) is 0.865. The molecule has 0 heterocycles. The van der Waals surface area contributed by atoms with Gasteiger partial charge in [0.2, 0.25) is 0 Å². The number of hydrogen-bond acceptors (Lipinski definition) is 2. The fourth-order valence-corrected chi connectivity index (χ4v) is 1.83. The van der Waals surface area contributed by atoms with E-state index in [-0.39, 0.29) is 17.7 Å². The smallest absolute Gasteiger partial charge is 0.0994 e. The molecule has 0 amide bonds. The lowest BCUT2D eigenvalue weighted by Crippen LogP contribution is -2.34. The van der Waals surface area contributed by atoms with Gasteiger partial charge in [0, 0.05) is 16.6 Å². The van der Waals surface area contributed by atoms with Crippen LogP contribution in [0, 0.1) is 0 Å². The van der Waals surface area contributed by atoms with Gasteiger partial charge in [-0.05, 0) is 33.3 Å². The normalized spacial score (nSPS) is 15.6. The Hall–Kier alpha value is -0.570. The van der Waals surface area contributed by atoms with Gasteiger partial charge in [-0.25, -0.2) is 0 Å². The van der Waals surface area contributed by atoms with Crippen molar-refractivity contribution in [1.82, 2.24) is 0 Å². The topological polar surface area (TPSA) is 35.2 Å². The van der Waals surface area contributed by atoms with Crippen molar-refractivity contribution in [3.8, 4) is 0 Å². The molecule has 2 N–H and O–H groups in total. The van der Waals surface area contributed by atoms with Gasteiger partial charge < -0.3 is 10.5 Å². The lowest BCUT2D eigenvalue weighted by molar-refractivity contribution is -0.0832. The maximum absolute atomic E-state index is 6.20. The van der Waals surface area contributed by atoms with E-state index in [2.05, 4.69) is 20.8 Å². The van der Waals surface area contributed by atoms with Crippen LogP contribution in [0.3, 0.4) is 0 Å². The standard InChI is InChI=1S/C14H22ClNO/c1-5-14(3,4)17-13(10(2)16)11-8-6-7-9-12(11)15/h6-10,13H,5,16H2,1-4H3. The summed E-state index contributed by atoms with van der Waals surface area (Å²) in [6.07, 6.45) is 0.763. The highest BCUT2D eigenvalue weighted by atomic mass is 35.5. The molecule has 0 saturated carbocycles. The minimum atomic E-state index is -0.197. The molecule has 0 aliphatic rings. The van der Waals surface area contributed by atoms with Crippen molar-refractivity contribution < 1.29 is 4.74 Å². The predicted molar refractivity (Wildman–Crippen MR) is 73.3 cm³/mol. The van der Waals surface area contributed by atoms with Crippen LogP contribution in [0.15, 0.2) is 24.3 Å². The van der Waals surface area contributed by atoms with Gasteiger partial charge in [-0.2, -0.15) is 0 Å². The summed E-state index contributed by atoms with van der Waals surface area (Å²) in [6.45, 7) is 8.18. The van der Waals surface area contributed by atoms with Crippen LogP contribution in [-0.4, -0.2) is 11.6 Å². The Morgan fingerprint density at radius 1 is 1.35 bits per heavy atom. The predicted octanol–water partition coefficient (Wildman–Crippen LogP) is 3.93. The number of nitrogens with two attached hydrogens (primary N) is 1. The highest BCUT2D eigenvalue weighted by Crippen LogP contribution is 2.32.